The molecule has 35 heavy (non-hydrogen) atoms. The first-order chi connectivity index (χ1) is 17.0. The van der Waals surface area contributed by atoms with E-state index in [0.29, 0.717) is 23.7 Å². The van der Waals surface area contributed by atoms with Crippen molar-refractivity contribution in [3.8, 4) is 11.3 Å². The molecule has 0 aliphatic carbocycles. The van der Waals surface area contributed by atoms with Gasteiger partial charge in [-0.2, -0.15) is 5.10 Å². The molecule has 0 spiro atoms. The second kappa shape index (κ2) is 10.1. The quantitative estimate of drug-likeness (QED) is 0.257. The van der Waals surface area contributed by atoms with Gasteiger partial charge in [0.15, 0.2) is 6.23 Å². The number of hydrogen-bond donors (Lipinski definition) is 2. The fraction of sp³-hybridized carbons (Fsp3) is 0.333. The third-order valence-electron chi connectivity index (χ3n) is 6.73. The Morgan fingerprint density at radius 3 is 2.74 bits per heavy atom. The number of halogens is 1. The lowest BCUT2D eigenvalue weighted by Crippen LogP contribution is -2.41. The molecule has 2 atom stereocenters. The van der Waals surface area contributed by atoms with Crippen molar-refractivity contribution in [3.05, 3.63) is 75.8 Å². The van der Waals surface area contributed by atoms with Crippen LogP contribution in [0.1, 0.15) is 66.5 Å². The third kappa shape index (κ3) is 4.74. The van der Waals surface area contributed by atoms with E-state index in [1.54, 1.807) is 5.38 Å². The van der Waals surface area contributed by atoms with E-state index in [9.17, 15) is 15.0 Å². The van der Waals surface area contributed by atoms with Crippen LogP contribution in [0.5, 0.6) is 0 Å². The van der Waals surface area contributed by atoms with E-state index in [0.717, 1.165) is 58.3 Å². The number of carboxylic acids is 1. The zero-order chi connectivity index (χ0) is 24.5. The molecule has 1 aliphatic rings. The second-order valence-corrected chi connectivity index (χ2v) is 10.4. The predicted molar refractivity (Wildman–Crippen MR) is 140 cm³/mol. The van der Waals surface area contributed by atoms with Crippen LogP contribution < -0.4 is 0 Å². The number of unbranched alkanes of at least 4 members (excludes halogenated alkanes) is 2. The van der Waals surface area contributed by atoms with Gasteiger partial charge in [-0.05, 0) is 30.2 Å². The second-order valence-electron chi connectivity index (χ2n) is 9.11. The highest BCUT2D eigenvalue weighted by atomic mass is 35.5. The van der Waals surface area contributed by atoms with Gasteiger partial charge in [0.05, 0.1) is 23.0 Å². The molecule has 2 aromatic heterocycles. The average Bonchev–Trinajstić information content (AvgIpc) is 3.48. The summed E-state index contributed by atoms with van der Waals surface area (Å²) in [6.45, 7) is 3.40. The van der Waals surface area contributed by atoms with Crippen LogP contribution in [-0.4, -0.2) is 37.4 Å². The molecule has 0 saturated heterocycles. The molecule has 0 fully saturated rings. The molecule has 8 heteroatoms. The first-order valence-electron chi connectivity index (χ1n) is 12.0. The number of fused-ring (bicyclic) bond motifs is 2. The molecule has 182 valence electrons. The fourth-order valence-electron chi connectivity index (χ4n) is 4.91. The third-order valence-corrected chi connectivity index (χ3v) is 8.06. The molecular weight excluding hydrogens is 482 g/mol. The fourth-order valence-corrected chi connectivity index (χ4v) is 6.09. The Morgan fingerprint density at radius 2 is 2.00 bits per heavy atom. The highest BCUT2D eigenvalue weighted by Crippen LogP contribution is 2.37. The number of thiophene rings is 1. The number of nitrogens with zero attached hydrogens (tertiary/aromatic N) is 3. The summed E-state index contributed by atoms with van der Waals surface area (Å²) in [5, 5.41) is 28.9. The highest BCUT2D eigenvalue weighted by molar-refractivity contribution is 7.17. The van der Waals surface area contributed by atoms with Gasteiger partial charge in [0, 0.05) is 39.1 Å². The van der Waals surface area contributed by atoms with Gasteiger partial charge in [0.1, 0.15) is 0 Å². The van der Waals surface area contributed by atoms with Crippen molar-refractivity contribution in [1.29, 1.82) is 0 Å². The zero-order valence-electron chi connectivity index (χ0n) is 19.5. The van der Waals surface area contributed by atoms with Gasteiger partial charge in [-0.3, -0.25) is 9.58 Å². The smallest absolute Gasteiger partial charge is 0.337 e. The Morgan fingerprint density at radius 1 is 1.20 bits per heavy atom. The van der Waals surface area contributed by atoms with Gasteiger partial charge in [0.25, 0.3) is 0 Å². The summed E-state index contributed by atoms with van der Waals surface area (Å²) >= 11 is 7.52. The Kier molecular flexibility index (Phi) is 6.93. The lowest BCUT2D eigenvalue weighted by atomic mass is 10.0. The summed E-state index contributed by atoms with van der Waals surface area (Å²) in [6, 6.07) is 15.5. The minimum atomic E-state index is -0.916. The van der Waals surface area contributed by atoms with E-state index in [1.807, 2.05) is 53.2 Å². The van der Waals surface area contributed by atoms with Crippen molar-refractivity contribution < 1.29 is 15.0 Å². The number of aliphatic hydroxyl groups is 1. The molecule has 5 rings (SSSR count). The van der Waals surface area contributed by atoms with Crippen LogP contribution in [0.4, 0.5) is 0 Å². The monoisotopic (exact) mass is 509 g/mol. The van der Waals surface area contributed by atoms with Crippen LogP contribution in [0.2, 0.25) is 5.02 Å². The number of carboxylic acid groups (broad SMARTS) is 1. The summed E-state index contributed by atoms with van der Waals surface area (Å²) in [6.07, 6.45) is 3.58. The first-order valence-corrected chi connectivity index (χ1v) is 13.2. The van der Waals surface area contributed by atoms with E-state index in [4.69, 9.17) is 16.7 Å². The van der Waals surface area contributed by atoms with Gasteiger partial charge < -0.3 is 10.2 Å². The van der Waals surface area contributed by atoms with Crippen molar-refractivity contribution in [2.24, 2.45) is 0 Å². The minimum absolute atomic E-state index is 0.151. The van der Waals surface area contributed by atoms with Crippen LogP contribution in [0, 0.1) is 0 Å². The molecule has 1 aliphatic heterocycles. The molecular formula is C27H28ClN3O3S. The van der Waals surface area contributed by atoms with Crippen molar-refractivity contribution in [2.45, 2.75) is 51.4 Å². The molecule has 3 heterocycles. The zero-order valence-corrected chi connectivity index (χ0v) is 21.1. The number of carbonyl (C=O) groups is 1. The average molecular weight is 510 g/mol. The van der Waals surface area contributed by atoms with Crippen molar-refractivity contribution >= 4 is 39.0 Å². The Hall–Kier alpha value is -2.71. The van der Waals surface area contributed by atoms with Gasteiger partial charge in [-0.1, -0.05) is 68.1 Å². The summed E-state index contributed by atoms with van der Waals surface area (Å²) in [7, 11) is 0. The van der Waals surface area contributed by atoms with Crippen LogP contribution in [-0.2, 0) is 6.54 Å². The van der Waals surface area contributed by atoms with E-state index < -0.39 is 12.2 Å². The normalized spacial score (nSPS) is 18.1. The summed E-state index contributed by atoms with van der Waals surface area (Å²) in [5.41, 5.74) is 3.93. The molecule has 0 amide bonds. The van der Waals surface area contributed by atoms with Crippen molar-refractivity contribution in [1.82, 2.24) is 14.7 Å². The molecule has 0 radical (unpaired) electrons. The number of benzene rings is 2. The Bertz CT molecular complexity index is 1350. The molecule has 2 unspecified atom stereocenters. The number of aliphatic hydroxyl groups excluding tert-OH is 1. The van der Waals surface area contributed by atoms with Gasteiger partial charge in [-0.25, -0.2) is 4.79 Å². The van der Waals surface area contributed by atoms with E-state index in [-0.39, 0.29) is 6.04 Å². The summed E-state index contributed by atoms with van der Waals surface area (Å²) in [5.74, 6) is -0.916. The highest BCUT2D eigenvalue weighted by Gasteiger charge is 2.34. The maximum atomic E-state index is 11.6. The van der Waals surface area contributed by atoms with E-state index in [1.165, 1.54) is 11.3 Å². The van der Waals surface area contributed by atoms with Crippen LogP contribution in [0.3, 0.4) is 0 Å². The van der Waals surface area contributed by atoms with Crippen molar-refractivity contribution in [2.75, 3.05) is 6.54 Å². The van der Waals surface area contributed by atoms with Crippen LogP contribution in [0.15, 0.2) is 53.9 Å². The standard InChI is InChI=1S/C27H28ClN3O3S/c1-2-3-4-7-20-15-30(14-18-6-5-8-21-22(27(33)34)16-35-25(18)21)26(32)24-13-23(29-31(20)24)17-9-11-19(28)12-10-17/h5-6,8-13,16,20,26,32H,2-4,7,14-15H2,1H3,(H,33,34). The molecule has 4 aromatic rings. The molecule has 0 bridgehead atoms. The Balaban J connectivity index is 1.48. The topological polar surface area (TPSA) is 78.6 Å². The van der Waals surface area contributed by atoms with Gasteiger partial charge in [-0.15, -0.1) is 11.3 Å². The van der Waals surface area contributed by atoms with E-state index in [2.05, 4.69) is 11.8 Å². The maximum absolute atomic E-state index is 11.6. The predicted octanol–water partition coefficient (Wildman–Crippen LogP) is 6.74. The largest absolute Gasteiger partial charge is 0.478 e. The molecule has 0 saturated carbocycles. The number of aromatic nitrogens is 2. The van der Waals surface area contributed by atoms with E-state index >= 15 is 0 Å². The molecule has 2 N–H and O–H groups in total. The van der Waals surface area contributed by atoms with Gasteiger partial charge >= 0.3 is 5.97 Å². The first kappa shape index (κ1) is 24.0. The maximum Gasteiger partial charge on any atom is 0.337 e. The number of rotatable bonds is 8. The number of hydrogen-bond acceptors (Lipinski definition) is 5. The Labute approximate surface area is 213 Å². The van der Waals surface area contributed by atoms with Crippen molar-refractivity contribution in [3.63, 3.8) is 0 Å². The lowest BCUT2D eigenvalue weighted by Gasteiger charge is -2.37. The van der Waals surface area contributed by atoms with Crippen LogP contribution >= 0.6 is 22.9 Å². The van der Waals surface area contributed by atoms with Crippen LogP contribution in [0.25, 0.3) is 21.3 Å². The molecule has 2 aromatic carbocycles. The number of aromatic carboxylic acids is 1. The molecule has 6 nitrogen and oxygen atoms in total. The minimum Gasteiger partial charge on any atom is -0.478 e. The SMILES string of the molecule is CCCCCC1CN(Cc2cccc3c(C(=O)O)csc23)C(O)c2cc(-c3ccc(Cl)cc3)nn21. The summed E-state index contributed by atoms with van der Waals surface area (Å²) < 4.78 is 2.97. The lowest BCUT2D eigenvalue weighted by molar-refractivity contribution is -0.0413. The van der Waals surface area contributed by atoms with Gasteiger partial charge in [0.2, 0.25) is 0 Å². The summed E-state index contributed by atoms with van der Waals surface area (Å²) in [4.78, 5) is 13.7.